The highest BCUT2D eigenvalue weighted by atomic mass is 15.3. The van der Waals surface area contributed by atoms with Gasteiger partial charge in [0.2, 0.25) is 0 Å². The van der Waals surface area contributed by atoms with Crippen molar-refractivity contribution >= 4 is 11.6 Å². The van der Waals surface area contributed by atoms with E-state index in [9.17, 15) is 0 Å². The van der Waals surface area contributed by atoms with Gasteiger partial charge in [0, 0.05) is 51.2 Å². The molecular formula is C17H23N5. The molecule has 0 amide bonds. The van der Waals surface area contributed by atoms with Crippen LogP contribution in [0.1, 0.15) is 6.92 Å². The molecule has 0 aromatic carbocycles. The minimum Gasteiger partial charge on any atom is -0.353 e. The number of pyridine rings is 2. The minimum absolute atomic E-state index is 0.372. The molecule has 0 radical (unpaired) electrons. The van der Waals surface area contributed by atoms with E-state index >= 15 is 0 Å². The number of anilines is 2. The van der Waals surface area contributed by atoms with Crippen LogP contribution < -0.4 is 15.1 Å². The normalized spacial score (nSPS) is 20.1. The van der Waals surface area contributed by atoms with E-state index in [0.29, 0.717) is 6.04 Å². The maximum Gasteiger partial charge on any atom is 0.128 e. The van der Waals surface area contributed by atoms with E-state index in [1.165, 1.54) is 0 Å². The smallest absolute Gasteiger partial charge is 0.128 e. The third kappa shape index (κ3) is 3.54. The predicted octanol–water partition coefficient (Wildman–Crippen LogP) is 1.78. The Bertz CT molecular complexity index is 560. The topological polar surface area (TPSA) is 44.3 Å². The largest absolute Gasteiger partial charge is 0.353 e. The summed E-state index contributed by atoms with van der Waals surface area (Å²) >= 11 is 0. The van der Waals surface area contributed by atoms with Crippen LogP contribution in [0.2, 0.25) is 0 Å². The van der Waals surface area contributed by atoms with Gasteiger partial charge in [0.1, 0.15) is 11.6 Å². The van der Waals surface area contributed by atoms with Crippen LogP contribution in [0.25, 0.3) is 0 Å². The van der Waals surface area contributed by atoms with Crippen molar-refractivity contribution in [2.75, 3.05) is 42.5 Å². The highest BCUT2D eigenvalue weighted by Gasteiger charge is 2.20. The van der Waals surface area contributed by atoms with E-state index in [2.05, 4.69) is 44.1 Å². The number of hydrogen-bond acceptors (Lipinski definition) is 5. The minimum atomic E-state index is 0.372. The third-order valence-corrected chi connectivity index (χ3v) is 4.02. The fourth-order valence-electron chi connectivity index (χ4n) is 2.88. The molecular weight excluding hydrogens is 274 g/mol. The first-order valence-corrected chi connectivity index (χ1v) is 7.89. The lowest BCUT2D eigenvalue weighted by molar-refractivity contribution is 0.617. The van der Waals surface area contributed by atoms with Crippen LogP contribution in [-0.2, 0) is 0 Å². The summed E-state index contributed by atoms with van der Waals surface area (Å²) in [5.41, 5.74) is 0. The van der Waals surface area contributed by atoms with E-state index in [1.807, 2.05) is 36.7 Å². The molecule has 1 atom stereocenters. The second-order valence-corrected chi connectivity index (χ2v) is 5.61. The Morgan fingerprint density at radius 3 is 2.32 bits per heavy atom. The van der Waals surface area contributed by atoms with E-state index in [-0.39, 0.29) is 0 Å². The van der Waals surface area contributed by atoms with Gasteiger partial charge in [0.15, 0.2) is 0 Å². The standard InChI is InChI=1S/C17H23N5/c1-15-14-21(16-6-2-4-8-19-16)12-10-18-11-13-22(15)17-7-3-5-9-20-17/h2-9,15,18H,10-14H2,1H3. The number of rotatable bonds is 2. The summed E-state index contributed by atoms with van der Waals surface area (Å²) in [7, 11) is 0. The SMILES string of the molecule is CC1CN(c2ccccn2)CCNCCN1c1ccccn1. The summed E-state index contributed by atoms with van der Waals surface area (Å²) in [5, 5.41) is 3.51. The van der Waals surface area contributed by atoms with Gasteiger partial charge in [-0.25, -0.2) is 9.97 Å². The van der Waals surface area contributed by atoms with Crippen molar-refractivity contribution in [3.8, 4) is 0 Å². The van der Waals surface area contributed by atoms with Crippen molar-refractivity contribution in [3.63, 3.8) is 0 Å². The number of nitrogens with one attached hydrogen (secondary N) is 1. The van der Waals surface area contributed by atoms with Gasteiger partial charge in [0.25, 0.3) is 0 Å². The molecule has 5 nitrogen and oxygen atoms in total. The van der Waals surface area contributed by atoms with Gasteiger partial charge in [-0.15, -0.1) is 0 Å². The van der Waals surface area contributed by atoms with Crippen molar-refractivity contribution in [2.24, 2.45) is 0 Å². The average Bonchev–Trinajstić information content (AvgIpc) is 2.67. The lowest BCUT2D eigenvalue weighted by Crippen LogP contribution is -2.44. The Morgan fingerprint density at radius 2 is 1.64 bits per heavy atom. The molecule has 2 aromatic heterocycles. The molecule has 1 fully saturated rings. The lowest BCUT2D eigenvalue weighted by Gasteiger charge is -2.33. The Hall–Kier alpha value is -2.14. The molecule has 0 aliphatic carbocycles. The van der Waals surface area contributed by atoms with E-state index in [4.69, 9.17) is 0 Å². The molecule has 1 saturated heterocycles. The molecule has 2 aromatic rings. The van der Waals surface area contributed by atoms with Crippen molar-refractivity contribution in [3.05, 3.63) is 48.8 Å². The van der Waals surface area contributed by atoms with Gasteiger partial charge < -0.3 is 15.1 Å². The van der Waals surface area contributed by atoms with Gasteiger partial charge in [0.05, 0.1) is 0 Å². The highest BCUT2D eigenvalue weighted by molar-refractivity contribution is 5.42. The van der Waals surface area contributed by atoms with Gasteiger partial charge >= 0.3 is 0 Å². The molecule has 0 bridgehead atoms. The van der Waals surface area contributed by atoms with E-state index < -0.39 is 0 Å². The van der Waals surface area contributed by atoms with Gasteiger partial charge in [-0.3, -0.25) is 0 Å². The van der Waals surface area contributed by atoms with Crippen molar-refractivity contribution in [1.29, 1.82) is 0 Å². The molecule has 5 heteroatoms. The number of nitrogens with zero attached hydrogens (tertiary/aromatic N) is 4. The monoisotopic (exact) mass is 297 g/mol. The van der Waals surface area contributed by atoms with E-state index in [0.717, 1.165) is 44.4 Å². The molecule has 0 saturated carbocycles. The van der Waals surface area contributed by atoms with Crippen LogP contribution in [0, 0.1) is 0 Å². The summed E-state index contributed by atoms with van der Waals surface area (Å²) < 4.78 is 0. The lowest BCUT2D eigenvalue weighted by atomic mass is 10.2. The first kappa shape index (κ1) is 14.8. The maximum absolute atomic E-state index is 4.52. The predicted molar refractivity (Wildman–Crippen MR) is 90.4 cm³/mol. The van der Waals surface area contributed by atoms with Crippen LogP contribution in [0.15, 0.2) is 48.8 Å². The zero-order chi connectivity index (χ0) is 15.2. The van der Waals surface area contributed by atoms with Crippen LogP contribution in [0.4, 0.5) is 11.6 Å². The van der Waals surface area contributed by atoms with Crippen LogP contribution in [0.3, 0.4) is 0 Å². The zero-order valence-electron chi connectivity index (χ0n) is 13.0. The maximum atomic E-state index is 4.52. The van der Waals surface area contributed by atoms with Crippen molar-refractivity contribution < 1.29 is 0 Å². The fraction of sp³-hybridized carbons (Fsp3) is 0.412. The van der Waals surface area contributed by atoms with Crippen molar-refractivity contribution in [1.82, 2.24) is 15.3 Å². The number of hydrogen-bond donors (Lipinski definition) is 1. The quantitative estimate of drug-likeness (QED) is 0.915. The molecule has 1 aliphatic heterocycles. The summed E-state index contributed by atoms with van der Waals surface area (Å²) in [4.78, 5) is 13.7. The van der Waals surface area contributed by atoms with E-state index in [1.54, 1.807) is 0 Å². The second kappa shape index (κ2) is 7.22. The highest BCUT2D eigenvalue weighted by Crippen LogP contribution is 2.17. The first-order valence-electron chi connectivity index (χ1n) is 7.89. The molecule has 1 N–H and O–H groups in total. The molecule has 0 spiro atoms. The molecule has 116 valence electrons. The second-order valence-electron chi connectivity index (χ2n) is 5.61. The average molecular weight is 297 g/mol. The van der Waals surface area contributed by atoms with Crippen LogP contribution in [0.5, 0.6) is 0 Å². The molecule has 3 rings (SSSR count). The van der Waals surface area contributed by atoms with Gasteiger partial charge in [-0.05, 0) is 31.2 Å². The third-order valence-electron chi connectivity index (χ3n) is 4.02. The van der Waals surface area contributed by atoms with Crippen LogP contribution >= 0.6 is 0 Å². The summed E-state index contributed by atoms with van der Waals surface area (Å²) in [6.07, 6.45) is 3.72. The fourth-order valence-corrected chi connectivity index (χ4v) is 2.88. The summed E-state index contributed by atoms with van der Waals surface area (Å²) in [6.45, 7) is 7.08. The van der Waals surface area contributed by atoms with Crippen LogP contribution in [-0.4, -0.2) is 48.7 Å². The first-order chi connectivity index (χ1) is 10.8. The Labute approximate surface area is 132 Å². The zero-order valence-corrected chi connectivity index (χ0v) is 13.0. The van der Waals surface area contributed by atoms with Gasteiger partial charge in [-0.1, -0.05) is 12.1 Å². The summed E-state index contributed by atoms with van der Waals surface area (Å²) in [5.74, 6) is 2.08. The Kier molecular flexibility index (Phi) is 4.85. The van der Waals surface area contributed by atoms with Gasteiger partial charge in [-0.2, -0.15) is 0 Å². The Morgan fingerprint density at radius 1 is 0.955 bits per heavy atom. The molecule has 3 heterocycles. The summed E-state index contributed by atoms with van der Waals surface area (Å²) in [6, 6.07) is 12.5. The Balaban J connectivity index is 1.80. The van der Waals surface area contributed by atoms with Crippen molar-refractivity contribution in [2.45, 2.75) is 13.0 Å². The molecule has 1 aliphatic rings. The molecule has 1 unspecified atom stereocenters. The number of aromatic nitrogens is 2. The molecule has 22 heavy (non-hydrogen) atoms.